The van der Waals surface area contributed by atoms with Gasteiger partial charge in [-0.1, -0.05) is 30.3 Å². The summed E-state index contributed by atoms with van der Waals surface area (Å²) in [6.45, 7) is 0. The molecule has 2 rings (SSSR count). The van der Waals surface area contributed by atoms with E-state index < -0.39 is 18.4 Å². The van der Waals surface area contributed by atoms with E-state index in [-0.39, 0.29) is 11.3 Å². The molecule has 110 valence electrons. The maximum atomic E-state index is 11.3. The Balaban J connectivity index is 2.65. The molecule has 2 aromatic rings. The molecule has 0 radical (unpaired) electrons. The van der Waals surface area contributed by atoms with E-state index in [4.69, 9.17) is 9.79 Å². The smallest absolute Gasteiger partial charge is 0.358 e. The molecule has 0 aliphatic rings. The van der Waals surface area contributed by atoms with E-state index in [9.17, 15) is 19.8 Å². The maximum Gasteiger partial charge on any atom is 0.358 e. The normalized spacial score (nSPS) is 12.9. The first kappa shape index (κ1) is 15.3. The number of nitro groups is 1. The lowest BCUT2D eigenvalue weighted by atomic mass is 9.99. The van der Waals surface area contributed by atoms with Crippen LogP contribution in [0.5, 0.6) is 0 Å². The van der Waals surface area contributed by atoms with E-state index in [1.165, 1.54) is 12.1 Å². The predicted octanol–water partition coefficient (Wildman–Crippen LogP) is 2.43. The van der Waals surface area contributed by atoms with E-state index >= 15 is 0 Å². The molecule has 1 unspecified atom stereocenters. The zero-order valence-electron chi connectivity index (χ0n) is 10.7. The molecule has 1 atom stereocenters. The Morgan fingerprint density at radius 2 is 1.71 bits per heavy atom. The van der Waals surface area contributed by atoms with Crippen molar-refractivity contribution in [2.75, 3.05) is 0 Å². The van der Waals surface area contributed by atoms with Crippen molar-refractivity contribution in [3.05, 3.63) is 64.2 Å². The number of nitrogens with zero attached hydrogens (tertiary/aromatic N) is 1. The van der Waals surface area contributed by atoms with Crippen LogP contribution in [0.2, 0.25) is 0 Å². The lowest BCUT2D eigenvalue weighted by molar-refractivity contribution is -0.384. The fourth-order valence-electron chi connectivity index (χ4n) is 1.94. The van der Waals surface area contributed by atoms with E-state index in [2.05, 4.69) is 0 Å². The number of hydrogen-bond acceptors (Lipinski definition) is 4. The minimum atomic E-state index is -4.84. The Labute approximate surface area is 119 Å². The molecule has 0 fully saturated rings. The highest BCUT2D eigenvalue weighted by atomic mass is 31.2. The van der Waals surface area contributed by atoms with Gasteiger partial charge in [-0.05, 0) is 17.2 Å². The zero-order valence-corrected chi connectivity index (χ0v) is 11.6. The van der Waals surface area contributed by atoms with E-state index in [0.717, 1.165) is 6.07 Å². The highest BCUT2D eigenvalue weighted by molar-refractivity contribution is 7.51. The first-order valence-corrected chi connectivity index (χ1v) is 7.56. The number of hydrogen-bond donors (Lipinski definition) is 3. The fraction of sp³-hybridized carbons (Fsp3) is 0.0769. The summed E-state index contributed by atoms with van der Waals surface area (Å²) < 4.78 is 11.3. The van der Waals surface area contributed by atoms with Crippen molar-refractivity contribution in [2.24, 2.45) is 0 Å². The van der Waals surface area contributed by atoms with Gasteiger partial charge in [0.05, 0.1) is 4.92 Å². The molecule has 3 N–H and O–H groups in total. The molecule has 0 aromatic heterocycles. The van der Waals surface area contributed by atoms with Gasteiger partial charge in [-0.3, -0.25) is 14.7 Å². The molecule has 2 aromatic carbocycles. The van der Waals surface area contributed by atoms with Gasteiger partial charge in [-0.15, -0.1) is 0 Å². The first-order chi connectivity index (χ1) is 9.80. The molecular weight excluding hydrogens is 297 g/mol. The third kappa shape index (κ3) is 3.34. The van der Waals surface area contributed by atoms with Gasteiger partial charge in [0.2, 0.25) is 0 Å². The number of benzene rings is 2. The largest absolute Gasteiger partial charge is 0.376 e. The van der Waals surface area contributed by atoms with Crippen molar-refractivity contribution >= 4 is 13.3 Å². The number of rotatable bonds is 4. The second-order valence-corrected chi connectivity index (χ2v) is 6.02. The first-order valence-electron chi connectivity index (χ1n) is 5.88. The SMILES string of the molecule is O=[N+]([O-])c1ccc(-c2ccccc2)c(C(O)P(=O)(O)O)c1. The van der Waals surface area contributed by atoms with Crippen molar-refractivity contribution in [3.8, 4) is 11.1 Å². The van der Waals surface area contributed by atoms with E-state index in [0.29, 0.717) is 11.1 Å². The molecule has 0 saturated heterocycles. The van der Waals surface area contributed by atoms with Gasteiger partial charge in [0.1, 0.15) is 0 Å². The average molecular weight is 309 g/mol. The van der Waals surface area contributed by atoms with Gasteiger partial charge >= 0.3 is 7.60 Å². The van der Waals surface area contributed by atoms with Gasteiger partial charge in [0.25, 0.3) is 5.69 Å². The van der Waals surface area contributed by atoms with Crippen LogP contribution in [-0.2, 0) is 4.57 Å². The molecule has 0 heterocycles. The summed E-state index contributed by atoms with van der Waals surface area (Å²) in [5.74, 6) is -2.12. The quantitative estimate of drug-likeness (QED) is 0.453. The summed E-state index contributed by atoms with van der Waals surface area (Å²) in [7, 11) is -4.84. The molecule has 0 saturated carbocycles. The van der Waals surface area contributed by atoms with Gasteiger partial charge in [0, 0.05) is 17.7 Å². The number of aliphatic hydroxyl groups is 1. The lowest BCUT2D eigenvalue weighted by Crippen LogP contribution is -2.02. The summed E-state index contributed by atoms with van der Waals surface area (Å²) in [5, 5.41) is 20.6. The summed E-state index contributed by atoms with van der Waals surface area (Å²) in [6, 6.07) is 12.1. The van der Waals surface area contributed by atoms with Crippen LogP contribution in [0.1, 0.15) is 11.4 Å². The Kier molecular flexibility index (Phi) is 4.20. The van der Waals surface area contributed by atoms with Crippen molar-refractivity contribution in [2.45, 2.75) is 5.85 Å². The summed E-state index contributed by atoms with van der Waals surface area (Å²) in [5.41, 5.74) is 0.396. The lowest BCUT2D eigenvalue weighted by Gasteiger charge is -2.16. The second-order valence-electron chi connectivity index (χ2n) is 4.36. The molecule has 8 heteroatoms. The summed E-state index contributed by atoms with van der Waals surface area (Å²) in [6.07, 6.45) is 0. The van der Waals surface area contributed by atoms with Gasteiger partial charge < -0.3 is 14.9 Å². The Morgan fingerprint density at radius 3 is 2.24 bits per heavy atom. The monoisotopic (exact) mass is 309 g/mol. The molecule has 0 aliphatic carbocycles. The maximum absolute atomic E-state index is 11.3. The number of nitro benzene ring substituents is 1. The average Bonchev–Trinajstić information content (AvgIpc) is 2.45. The van der Waals surface area contributed by atoms with Crippen molar-refractivity contribution in [3.63, 3.8) is 0 Å². The van der Waals surface area contributed by atoms with E-state index in [1.807, 2.05) is 0 Å². The molecule has 0 bridgehead atoms. The minimum Gasteiger partial charge on any atom is -0.376 e. The molecule has 21 heavy (non-hydrogen) atoms. The third-order valence-corrected chi connectivity index (χ3v) is 3.84. The topological polar surface area (TPSA) is 121 Å². The molecule has 0 amide bonds. The van der Waals surface area contributed by atoms with Crippen molar-refractivity contribution < 1.29 is 24.4 Å². The van der Waals surface area contributed by atoms with Gasteiger partial charge in [-0.2, -0.15) is 0 Å². The van der Waals surface area contributed by atoms with Crippen LogP contribution < -0.4 is 0 Å². The Hall–Kier alpha value is -2.05. The Bertz CT molecular complexity index is 712. The van der Waals surface area contributed by atoms with Crippen LogP contribution in [0.15, 0.2) is 48.5 Å². The minimum absolute atomic E-state index is 0.177. The van der Waals surface area contributed by atoms with Crippen molar-refractivity contribution in [1.29, 1.82) is 0 Å². The molecule has 0 aliphatic heterocycles. The zero-order chi connectivity index (χ0) is 15.6. The van der Waals surface area contributed by atoms with E-state index in [1.54, 1.807) is 30.3 Å². The van der Waals surface area contributed by atoms with Crippen LogP contribution >= 0.6 is 7.60 Å². The van der Waals surface area contributed by atoms with Crippen LogP contribution in [0.3, 0.4) is 0 Å². The van der Waals surface area contributed by atoms with Crippen LogP contribution in [0.25, 0.3) is 11.1 Å². The second kappa shape index (κ2) is 5.75. The number of aliphatic hydroxyl groups excluding tert-OH is 1. The van der Waals surface area contributed by atoms with Crippen LogP contribution in [0.4, 0.5) is 5.69 Å². The standard InChI is InChI=1S/C13H12NO6P/c15-13(21(18,19)20)12-8-10(14(16)17)6-7-11(12)9-4-2-1-3-5-9/h1-8,13,15H,(H2,18,19,20). The molecular formula is C13H12NO6P. The highest BCUT2D eigenvalue weighted by Crippen LogP contribution is 2.52. The predicted molar refractivity (Wildman–Crippen MR) is 75.5 cm³/mol. The third-order valence-electron chi connectivity index (χ3n) is 2.93. The summed E-state index contributed by atoms with van der Waals surface area (Å²) >= 11 is 0. The van der Waals surface area contributed by atoms with Gasteiger partial charge in [-0.25, -0.2) is 0 Å². The van der Waals surface area contributed by atoms with Gasteiger partial charge in [0.15, 0.2) is 5.85 Å². The fourth-order valence-corrected chi connectivity index (χ4v) is 2.52. The highest BCUT2D eigenvalue weighted by Gasteiger charge is 2.31. The Morgan fingerprint density at radius 1 is 1.10 bits per heavy atom. The van der Waals surface area contributed by atoms with Crippen LogP contribution in [-0.4, -0.2) is 19.8 Å². The summed E-state index contributed by atoms with van der Waals surface area (Å²) in [4.78, 5) is 28.4. The molecule has 7 nitrogen and oxygen atoms in total. The van der Waals surface area contributed by atoms with Crippen molar-refractivity contribution in [1.82, 2.24) is 0 Å². The molecule has 0 spiro atoms. The number of non-ortho nitro benzene ring substituents is 1. The van der Waals surface area contributed by atoms with Crippen LogP contribution in [0, 0.1) is 10.1 Å².